The number of amides is 1. The third-order valence-electron chi connectivity index (χ3n) is 2.78. The largest absolute Gasteiger partial charge is 0.352 e. The van der Waals surface area contributed by atoms with E-state index in [1.54, 1.807) is 6.08 Å². The molecule has 0 spiro atoms. The number of rotatable bonds is 4. The molecular formula is C11H22ClN3O. The lowest BCUT2D eigenvalue weighted by molar-refractivity contribution is -0.123. The molecule has 1 amide bonds. The van der Waals surface area contributed by atoms with Crippen LogP contribution in [0, 0.1) is 0 Å². The van der Waals surface area contributed by atoms with Gasteiger partial charge in [-0.15, -0.1) is 19.0 Å². The van der Waals surface area contributed by atoms with Crippen LogP contribution in [0.15, 0.2) is 12.7 Å². The third-order valence-corrected chi connectivity index (χ3v) is 2.78. The lowest BCUT2D eigenvalue weighted by atomic mass is 10.1. The topological polar surface area (TPSA) is 44.4 Å². The van der Waals surface area contributed by atoms with Crippen LogP contribution in [0.3, 0.4) is 0 Å². The molecule has 1 saturated heterocycles. The van der Waals surface area contributed by atoms with E-state index < -0.39 is 0 Å². The van der Waals surface area contributed by atoms with Crippen molar-refractivity contribution in [2.45, 2.75) is 25.9 Å². The van der Waals surface area contributed by atoms with Crippen LogP contribution < -0.4 is 10.6 Å². The van der Waals surface area contributed by atoms with E-state index in [0.717, 1.165) is 13.1 Å². The Balaban J connectivity index is 0.00000225. The average molecular weight is 248 g/mol. The second-order valence-corrected chi connectivity index (χ2v) is 4.12. The lowest BCUT2D eigenvalue weighted by Crippen LogP contribution is -2.57. The quantitative estimate of drug-likeness (QED) is 0.707. The number of carbonyl (C=O) groups is 1. The Labute approximate surface area is 104 Å². The molecule has 0 aromatic carbocycles. The van der Waals surface area contributed by atoms with Crippen LogP contribution in [-0.2, 0) is 4.79 Å². The molecule has 1 aliphatic rings. The monoisotopic (exact) mass is 247 g/mol. The molecular weight excluding hydrogens is 226 g/mol. The molecule has 5 heteroatoms. The van der Waals surface area contributed by atoms with Crippen molar-refractivity contribution in [3.63, 3.8) is 0 Å². The first-order chi connectivity index (χ1) is 7.15. The van der Waals surface area contributed by atoms with Gasteiger partial charge >= 0.3 is 0 Å². The second kappa shape index (κ2) is 7.65. The highest BCUT2D eigenvalue weighted by molar-refractivity contribution is 5.85. The second-order valence-electron chi connectivity index (χ2n) is 4.12. The number of piperazine rings is 1. The number of hydrogen-bond donors (Lipinski definition) is 2. The van der Waals surface area contributed by atoms with E-state index in [4.69, 9.17) is 0 Å². The fourth-order valence-corrected chi connectivity index (χ4v) is 1.89. The van der Waals surface area contributed by atoms with Crippen LogP contribution in [0.5, 0.6) is 0 Å². The molecule has 16 heavy (non-hydrogen) atoms. The van der Waals surface area contributed by atoms with Crippen LogP contribution in [0.1, 0.15) is 13.8 Å². The first kappa shape index (κ1) is 15.4. The van der Waals surface area contributed by atoms with E-state index >= 15 is 0 Å². The summed E-state index contributed by atoms with van der Waals surface area (Å²) in [6.07, 6.45) is 1.70. The van der Waals surface area contributed by atoms with Gasteiger partial charge in [-0.3, -0.25) is 9.69 Å². The van der Waals surface area contributed by atoms with Crippen LogP contribution in [0.2, 0.25) is 0 Å². The van der Waals surface area contributed by atoms with Crippen molar-refractivity contribution in [3.05, 3.63) is 12.7 Å². The minimum absolute atomic E-state index is 0. The fourth-order valence-electron chi connectivity index (χ4n) is 1.89. The Bertz CT molecular complexity index is 225. The van der Waals surface area contributed by atoms with Gasteiger partial charge in [0.25, 0.3) is 0 Å². The van der Waals surface area contributed by atoms with Crippen molar-refractivity contribution in [2.75, 3.05) is 26.2 Å². The molecule has 1 fully saturated rings. The molecule has 1 rings (SSSR count). The van der Waals surface area contributed by atoms with Gasteiger partial charge in [0.05, 0.1) is 6.54 Å². The summed E-state index contributed by atoms with van der Waals surface area (Å²) < 4.78 is 0. The zero-order valence-electron chi connectivity index (χ0n) is 10.0. The summed E-state index contributed by atoms with van der Waals surface area (Å²) in [5.74, 6) is 0.0792. The number of nitrogens with zero attached hydrogens (tertiary/aromatic N) is 1. The third kappa shape index (κ3) is 4.51. The van der Waals surface area contributed by atoms with Gasteiger partial charge in [0.2, 0.25) is 5.91 Å². The number of hydrogen-bond acceptors (Lipinski definition) is 3. The maximum Gasteiger partial charge on any atom is 0.234 e. The van der Waals surface area contributed by atoms with E-state index in [1.165, 1.54) is 0 Å². The Kier molecular flexibility index (Phi) is 7.38. The van der Waals surface area contributed by atoms with Crippen molar-refractivity contribution < 1.29 is 4.79 Å². The molecule has 1 aliphatic heterocycles. The number of halogens is 1. The van der Waals surface area contributed by atoms with E-state index in [0.29, 0.717) is 25.2 Å². The zero-order valence-corrected chi connectivity index (χ0v) is 10.8. The first-order valence-corrected chi connectivity index (χ1v) is 5.49. The standard InChI is InChI=1S/C11H21N3O.ClH/c1-4-5-13-11(15)8-14-9(2)6-12-7-10(14)3;/h4,9-10,12H,1,5-8H2,2-3H3,(H,13,15);1H/t9-,10+;. The Morgan fingerprint density at radius 2 is 2.06 bits per heavy atom. The summed E-state index contributed by atoms with van der Waals surface area (Å²) in [4.78, 5) is 13.8. The molecule has 94 valence electrons. The van der Waals surface area contributed by atoms with Gasteiger partial charge in [-0.25, -0.2) is 0 Å². The molecule has 4 nitrogen and oxygen atoms in total. The molecule has 2 N–H and O–H groups in total. The summed E-state index contributed by atoms with van der Waals surface area (Å²) in [7, 11) is 0. The van der Waals surface area contributed by atoms with Gasteiger partial charge in [0.1, 0.15) is 0 Å². The molecule has 0 unspecified atom stereocenters. The van der Waals surface area contributed by atoms with Crippen molar-refractivity contribution in [2.24, 2.45) is 0 Å². The molecule has 0 bridgehead atoms. The van der Waals surface area contributed by atoms with Gasteiger partial charge in [-0.1, -0.05) is 6.08 Å². The Morgan fingerprint density at radius 1 is 1.50 bits per heavy atom. The molecule has 0 aromatic rings. The number of nitrogens with one attached hydrogen (secondary N) is 2. The predicted octanol–water partition coefficient (Wildman–Crippen LogP) is 0.393. The smallest absolute Gasteiger partial charge is 0.234 e. The van der Waals surface area contributed by atoms with Gasteiger partial charge in [0.15, 0.2) is 0 Å². The highest BCUT2D eigenvalue weighted by Crippen LogP contribution is 2.08. The minimum Gasteiger partial charge on any atom is -0.352 e. The predicted molar refractivity (Wildman–Crippen MR) is 69.0 cm³/mol. The van der Waals surface area contributed by atoms with E-state index in [-0.39, 0.29) is 18.3 Å². The van der Waals surface area contributed by atoms with Crippen molar-refractivity contribution in [3.8, 4) is 0 Å². The lowest BCUT2D eigenvalue weighted by Gasteiger charge is -2.38. The van der Waals surface area contributed by atoms with Crippen LogP contribution in [0.4, 0.5) is 0 Å². The Hall–Kier alpha value is -0.580. The van der Waals surface area contributed by atoms with Crippen molar-refractivity contribution in [1.82, 2.24) is 15.5 Å². The van der Waals surface area contributed by atoms with E-state index in [1.807, 2.05) is 0 Å². The van der Waals surface area contributed by atoms with Gasteiger partial charge in [0, 0.05) is 31.7 Å². The summed E-state index contributed by atoms with van der Waals surface area (Å²) in [5.41, 5.74) is 0. The fraction of sp³-hybridized carbons (Fsp3) is 0.727. The van der Waals surface area contributed by atoms with E-state index in [2.05, 4.69) is 36.0 Å². The van der Waals surface area contributed by atoms with Crippen molar-refractivity contribution >= 4 is 18.3 Å². The minimum atomic E-state index is 0. The van der Waals surface area contributed by atoms with E-state index in [9.17, 15) is 4.79 Å². The van der Waals surface area contributed by atoms with Crippen LogP contribution >= 0.6 is 12.4 Å². The maximum absolute atomic E-state index is 11.5. The summed E-state index contributed by atoms with van der Waals surface area (Å²) in [6.45, 7) is 10.8. The molecule has 0 saturated carbocycles. The van der Waals surface area contributed by atoms with Crippen LogP contribution in [-0.4, -0.2) is 49.1 Å². The molecule has 2 atom stereocenters. The van der Waals surface area contributed by atoms with Gasteiger partial charge in [-0.2, -0.15) is 0 Å². The summed E-state index contributed by atoms with van der Waals surface area (Å²) in [5, 5.41) is 6.14. The summed E-state index contributed by atoms with van der Waals surface area (Å²) in [6, 6.07) is 0.839. The zero-order chi connectivity index (χ0) is 11.3. The molecule has 1 heterocycles. The maximum atomic E-state index is 11.5. The first-order valence-electron chi connectivity index (χ1n) is 5.49. The molecule has 0 aromatic heterocycles. The average Bonchev–Trinajstić information content (AvgIpc) is 2.21. The number of carbonyl (C=O) groups excluding carboxylic acids is 1. The highest BCUT2D eigenvalue weighted by atomic mass is 35.5. The summed E-state index contributed by atoms with van der Waals surface area (Å²) >= 11 is 0. The molecule has 0 radical (unpaired) electrons. The molecule has 0 aliphatic carbocycles. The van der Waals surface area contributed by atoms with Crippen molar-refractivity contribution in [1.29, 1.82) is 0 Å². The van der Waals surface area contributed by atoms with Gasteiger partial charge < -0.3 is 10.6 Å². The van der Waals surface area contributed by atoms with Gasteiger partial charge in [-0.05, 0) is 13.8 Å². The normalized spacial score (nSPS) is 25.6. The SMILES string of the molecule is C=CCNC(=O)CN1[C@H](C)CNC[C@@H]1C.Cl. The Morgan fingerprint density at radius 3 is 2.56 bits per heavy atom. The van der Waals surface area contributed by atoms with Crippen LogP contribution in [0.25, 0.3) is 0 Å². The highest BCUT2D eigenvalue weighted by Gasteiger charge is 2.25.